The van der Waals surface area contributed by atoms with Crippen LogP contribution < -0.4 is 10.6 Å². The summed E-state index contributed by atoms with van der Waals surface area (Å²) in [4.78, 5) is 32.9. The monoisotopic (exact) mass is 472 g/mol. The minimum Gasteiger partial charge on any atom is -0.355 e. The predicted octanol–water partition coefficient (Wildman–Crippen LogP) is 4.15. The number of benzene rings is 1. The Balaban J connectivity index is 2.06. The molecule has 3 aromatic rings. The van der Waals surface area contributed by atoms with Crippen molar-refractivity contribution < 1.29 is 9.59 Å². The fourth-order valence-electron chi connectivity index (χ4n) is 2.70. The molecule has 2 aromatic heterocycles. The van der Waals surface area contributed by atoms with Gasteiger partial charge in [-0.15, -0.1) is 0 Å². The van der Waals surface area contributed by atoms with E-state index in [2.05, 4.69) is 41.5 Å². The number of aromatic nitrogens is 3. The summed E-state index contributed by atoms with van der Waals surface area (Å²) in [7, 11) is 1.48. The number of pyridine rings is 1. The molecule has 3 rings (SSSR count). The van der Waals surface area contributed by atoms with E-state index in [1.54, 1.807) is 25.1 Å². The molecule has 0 unspecified atom stereocenters. The molecule has 29 heavy (non-hydrogen) atoms. The van der Waals surface area contributed by atoms with Crippen molar-refractivity contribution in [3.05, 3.63) is 74.4 Å². The lowest BCUT2D eigenvalue weighted by atomic mass is 10.1. The smallest absolute Gasteiger partial charge is 0.274 e. The van der Waals surface area contributed by atoms with Crippen molar-refractivity contribution in [3.8, 4) is 5.82 Å². The van der Waals surface area contributed by atoms with Crippen molar-refractivity contribution in [2.45, 2.75) is 6.92 Å². The van der Waals surface area contributed by atoms with Gasteiger partial charge in [-0.2, -0.15) is 5.10 Å². The zero-order valence-electron chi connectivity index (χ0n) is 15.3. The largest absolute Gasteiger partial charge is 0.355 e. The van der Waals surface area contributed by atoms with Crippen LogP contribution in [0, 0.1) is 13.5 Å². The fourth-order valence-corrected chi connectivity index (χ4v) is 3.28. The van der Waals surface area contributed by atoms with Crippen LogP contribution in [0.2, 0.25) is 5.02 Å². The Labute approximate surface area is 179 Å². The summed E-state index contributed by atoms with van der Waals surface area (Å²) < 4.78 is 1.72. The van der Waals surface area contributed by atoms with Gasteiger partial charge in [0.15, 0.2) is 11.5 Å². The van der Waals surface area contributed by atoms with Gasteiger partial charge in [0.2, 0.25) is 0 Å². The normalized spacial score (nSPS) is 10.3. The van der Waals surface area contributed by atoms with E-state index in [1.807, 2.05) is 0 Å². The third-order valence-corrected chi connectivity index (χ3v) is 4.69. The zero-order chi connectivity index (χ0) is 21.1. The van der Waals surface area contributed by atoms with Gasteiger partial charge in [0.25, 0.3) is 11.8 Å². The highest BCUT2D eigenvalue weighted by Gasteiger charge is 2.22. The zero-order valence-corrected chi connectivity index (χ0v) is 17.7. The molecule has 0 spiro atoms. The first kappa shape index (κ1) is 20.5. The van der Waals surface area contributed by atoms with Crippen molar-refractivity contribution in [2.75, 3.05) is 12.4 Å². The molecule has 146 valence electrons. The maximum absolute atomic E-state index is 13.0. The van der Waals surface area contributed by atoms with Crippen LogP contribution in [0.5, 0.6) is 0 Å². The second-order valence-corrected chi connectivity index (χ2v) is 7.12. The van der Waals surface area contributed by atoms with Crippen molar-refractivity contribution in [3.63, 3.8) is 0 Å². The molecule has 0 radical (unpaired) electrons. The van der Waals surface area contributed by atoms with Gasteiger partial charge in [-0.1, -0.05) is 17.7 Å². The first-order chi connectivity index (χ1) is 13.8. The van der Waals surface area contributed by atoms with E-state index in [9.17, 15) is 9.59 Å². The highest BCUT2D eigenvalue weighted by atomic mass is 79.9. The number of hydrogen-bond acceptors (Lipinski definition) is 4. The van der Waals surface area contributed by atoms with Crippen LogP contribution in [0.4, 0.5) is 11.4 Å². The minimum atomic E-state index is -0.520. The molecular weight excluding hydrogens is 460 g/mol. The molecule has 0 aliphatic heterocycles. The van der Waals surface area contributed by atoms with Crippen molar-refractivity contribution in [2.24, 2.45) is 0 Å². The van der Waals surface area contributed by atoms with Crippen LogP contribution in [0.1, 0.15) is 26.4 Å². The summed E-state index contributed by atoms with van der Waals surface area (Å²) in [5, 5.41) is 9.82. The molecule has 0 aliphatic rings. The van der Waals surface area contributed by atoms with E-state index in [0.29, 0.717) is 26.6 Å². The molecule has 8 nitrogen and oxygen atoms in total. The summed E-state index contributed by atoms with van der Waals surface area (Å²) in [6.07, 6.45) is 1.54. The maximum Gasteiger partial charge on any atom is 0.274 e. The van der Waals surface area contributed by atoms with E-state index in [0.717, 1.165) is 0 Å². The highest BCUT2D eigenvalue weighted by Crippen LogP contribution is 2.29. The van der Waals surface area contributed by atoms with Crippen LogP contribution in [0.3, 0.4) is 0 Å². The van der Waals surface area contributed by atoms with Crippen molar-refractivity contribution in [1.29, 1.82) is 0 Å². The Morgan fingerprint density at radius 2 is 2.03 bits per heavy atom. The average Bonchev–Trinajstić information content (AvgIpc) is 3.10. The first-order valence-electron chi connectivity index (χ1n) is 8.27. The molecule has 0 saturated carbocycles. The number of nitrogens with zero attached hydrogens (tertiary/aromatic N) is 4. The second kappa shape index (κ2) is 8.43. The SMILES string of the molecule is [C-]#[N+]c1cc(C)c(NC(=O)c2cc(Br)nn2-c2ncccc2Cl)c(C(=O)NC)c1. The summed E-state index contributed by atoms with van der Waals surface area (Å²) in [5.41, 5.74) is 1.53. The number of rotatable bonds is 4. The van der Waals surface area contributed by atoms with E-state index < -0.39 is 11.8 Å². The number of hydrogen-bond donors (Lipinski definition) is 2. The van der Waals surface area contributed by atoms with Crippen LogP contribution in [-0.2, 0) is 0 Å². The summed E-state index contributed by atoms with van der Waals surface area (Å²) in [6, 6.07) is 7.85. The average molecular weight is 474 g/mol. The van der Waals surface area contributed by atoms with Gasteiger partial charge in [0, 0.05) is 19.3 Å². The number of carbonyl (C=O) groups excluding carboxylic acids is 2. The lowest BCUT2D eigenvalue weighted by molar-refractivity contribution is 0.0964. The number of carbonyl (C=O) groups is 2. The van der Waals surface area contributed by atoms with E-state index in [-0.39, 0.29) is 17.1 Å². The summed E-state index contributed by atoms with van der Waals surface area (Å²) in [5.74, 6) is -0.651. The standard InChI is InChI=1S/C19H14BrClN6O2/c1-10-7-11(22-2)8-12(18(28)23-3)16(10)25-19(29)14-9-15(20)26-27(14)17-13(21)5-4-6-24-17/h4-9H,1,3H3,(H,23,28)(H,25,29). The lowest BCUT2D eigenvalue weighted by Gasteiger charge is -2.15. The third-order valence-electron chi connectivity index (χ3n) is 4.01. The number of aryl methyl sites for hydroxylation is 1. The topological polar surface area (TPSA) is 93.3 Å². The Bertz CT molecular complexity index is 1170. The summed E-state index contributed by atoms with van der Waals surface area (Å²) in [6.45, 7) is 8.91. The van der Waals surface area contributed by atoms with Gasteiger partial charge in [-0.3, -0.25) is 9.59 Å². The number of anilines is 1. The highest BCUT2D eigenvalue weighted by molar-refractivity contribution is 9.10. The van der Waals surface area contributed by atoms with Gasteiger partial charge < -0.3 is 10.6 Å². The van der Waals surface area contributed by atoms with E-state index in [1.165, 1.54) is 30.1 Å². The molecule has 1 aromatic carbocycles. The lowest BCUT2D eigenvalue weighted by Crippen LogP contribution is -2.23. The molecule has 0 atom stereocenters. The maximum atomic E-state index is 13.0. The number of amides is 2. The Kier molecular flexibility index (Phi) is 5.96. The molecule has 2 amide bonds. The molecular formula is C19H14BrClN6O2. The van der Waals surface area contributed by atoms with Crippen molar-refractivity contribution in [1.82, 2.24) is 20.1 Å². The molecule has 0 aliphatic carbocycles. The number of halogens is 2. The Morgan fingerprint density at radius 3 is 2.69 bits per heavy atom. The van der Waals surface area contributed by atoms with Crippen LogP contribution >= 0.6 is 27.5 Å². The molecule has 0 bridgehead atoms. The van der Waals surface area contributed by atoms with Gasteiger partial charge in [0.1, 0.15) is 10.3 Å². The van der Waals surface area contributed by atoms with Crippen molar-refractivity contribution >= 4 is 50.7 Å². The quantitative estimate of drug-likeness (QED) is 0.557. The minimum absolute atomic E-state index is 0.161. The fraction of sp³-hybridized carbons (Fsp3) is 0.105. The van der Waals surface area contributed by atoms with Gasteiger partial charge in [-0.05, 0) is 46.6 Å². The molecule has 0 fully saturated rings. The first-order valence-corrected chi connectivity index (χ1v) is 9.44. The molecule has 10 heteroatoms. The van der Waals surface area contributed by atoms with Gasteiger partial charge in [-0.25, -0.2) is 14.5 Å². The third kappa shape index (κ3) is 4.13. The van der Waals surface area contributed by atoms with E-state index >= 15 is 0 Å². The predicted molar refractivity (Wildman–Crippen MR) is 113 cm³/mol. The summed E-state index contributed by atoms with van der Waals surface area (Å²) >= 11 is 9.46. The van der Waals surface area contributed by atoms with Crippen LogP contribution in [0.25, 0.3) is 10.7 Å². The van der Waals surface area contributed by atoms with Crippen LogP contribution in [-0.4, -0.2) is 33.6 Å². The molecule has 2 heterocycles. The van der Waals surface area contributed by atoms with Gasteiger partial charge in [0.05, 0.1) is 22.8 Å². The number of nitrogens with one attached hydrogen (secondary N) is 2. The Morgan fingerprint density at radius 1 is 1.28 bits per heavy atom. The second-order valence-electron chi connectivity index (χ2n) is 5.90. The molecule has 0 saturated heterocycles. The van der Waals surface area contributed by atoms with Crippen LogP contribution in [0.15, 0.2) is 41.1 Å². The van der Waals surface area contributed by atoms with Gasteiger partial charge >= 0.3 is 0 Å². The Hall–Kier alpha value is -3.22. The van der Waals surface area contributed by atoms with E-state index in [4.69, 9.17) is 18.2 Å². The molecule has 2 N–H and O–H groups in total.